The van der Waals surface area contributed by atoms with Gasteiger partial charge in [0.15, 0.2) is 15.5 Å². The summed E-state index contributed by atoms with van der Waals surface area (Å²) in [5, 5.41) is 8.28. The Kier molecular flexibility index (Phi) is 4.37. The second kappa shape index (κ2) is 5.83. The normalized spacial score (nSPS) is 12.0. The maximum Gasteiger partial charge on any atom is 0.419 e. The predicted octanol–water partition coefficient (Wildman–Crippen LogP) is 3.70. The number of halogens is 4. The Labute approximate surface area is 135 Å². The Morgan fingerprint density at radius 3 is 2.22 bits per heavy atom. The van der Waals surface area contributed by atoms with Gasteiger partial charge in [0.05, 0.1) is 0 Å². The minimum Gasteiger partial charge on any atom is -0.224 e. The number of nitrogens with zero attached hydrogens (tertiary/aromatic N) is 2. The Morgan fingerprint density at radius 2 is 1.78 bits per heavy atom. The molecule has 0 fully saturated rings. The summed E-state index contributed by atoms with van der Waals surface area (Å²) in [6, 6.07) is 8.38. The molecule has 1 heterocycles. The average molecular weight is 361 g/mol. The van der Waals surface area contributed by atoms with Gasteiger partial charge in [-0.15, -0.1) is 0 Å². The lowest BCUT2D eigenvalue weighted by Crippen LogP contribution is -2.16. The molecule has 0 atom stereocenters. The molecule has 0 aliphatic heterocycles. The minimum absolute atomic E-state index is 0.0268. The lowest BCUT2D eigenvalue weighted by atomic mass is 9.98. The molecule has 0 aliphatic rings. The van der Waals surface area contributed by atoms with Gasteiger partial charge in [0, 0.05) is 11.8 Å². The van der Waals surface area contributed by atoms with Crippen molar-refractivity contribution in [2.75, 3.05) is 6.26 Å². The number of pyridine rings is 1. The van der Waals surface area contributed by atoms with E-state index in [0.29, 0.717) is 0 Å². The molecule has 0 saturated carbocycles. The summed E-state index contributed by atoms with van der Waals surface area (Å²) in [5.41, 5.74) is -3.09. The van der Waals surface area contributed by atoms with Crippen LogP contribution in [-0.2, 0) is 16.0 Å². The summed E-state index contributed by atoms with van der Waals surface area (Å²) < 4.78 is 64.3. The summed E-state index contributed by atoms with van der Waals surface area (Å²) >= 11 is 5.76. The van der Waals surface area contributed by atoms with Crippen LogP contribution < -0.4 is 0 Å². The van der Waals surface area contributed by atoms with Crippen molar-refractivity contribution in [1.29, 1.82) is 5.26 Å². The number of hydrogen-bond acceptors (Lipinski definition) is 4. The van der Waals surface area contributed by atoms with E-state index >= 15 is 0 Å². The summed E-state index contributed by atoms with van der Waals surface area (Å²) in [4.78, 5) is 2.56. The molecule has 2 aromatic rings. The van der Waals surface area contributed by atoms with Crippen molar-refractivity contribution in [3.8, 4) is 17.2 Å². The Hall–Kier alpha value is -2.11. The van der Waals surface area contributed by atoms with Crippen LogP contribution >= 0.6 is 11.6 Å². The summed E-state index contributed by atoms with van der Waals surface area (Å²) in [6.07, 6.45) is -4.25. The van der Waals surface area contributed by atoms with E-state index in [1.807, 2.05) is 0 Å². The second-order valence-electron chi connectivity index (χ2n) is 4.58. The SMILES string of the molecule is CS(=O)(=O)c1c(Cl)nc(C#N)c(C(F)(F)F)c1-c1ccccc1. The highest BCUT2D eigenvalue weighted by molar-refractivity contribution is 7.91. The van der Waals surface area contributed by atoms with Gasteiger partial charge in [-0.2, -0.15) is 18.4 Å². The van der Waals surface area contributed by atoms with Crippen molar-refractivity contribution in [1.82, 2.24) is 4.98 Å². The van der Waals surface area contributed by atoms with E-state index in [4.69, 9.17) is 16.9 Å². The molecule has 2 rings (SSSR count). The first-order valence-electron chi connectivity index (χ1n) is 6.03. The van der Waals surface area contributed by atoms with E-state index in [1.54, 1.807) is 6.07 Å². The van der Waals surface area contributed by atoms with Gasteiger partial charge in [-0.05, 0) is 5.56 Å². The Morgan fingerprint density at radius 1 is 1.22 bits per heavy atom. The molecule has 1 aromatic carbocycles. The third-order valence-electron chi connectivity index (χ3n) is 2.93. The predicted molar refractivity (Wildman–Crippen MR) is 77.5 cm³/mol. The van der Waals surface area contributed by atoms with Crippen LogP contribution in [0.15, 0.2) is 35.2 Å². The first kappa shape index (κ1) is 17.2. The highest BCUT2D eigenvalue weighted by atomic mass is 35.5. The first-order valence-corrected chi connectivity index (χ1v) is 8.30. The van der Waals surface area contributed by atoms with Crippen LogP contribution in [0.25, 0.3) is 11.1 Å². The minimum atomic E-state index is -4.98. The molecular weight excluding hydrogens is 353 g/mol. The van der Waals surface area contributed by atoms with Crippen molar-refractivity contribution < 1.29 is 21.6 Å². The number of sulfone groups is 1. The maximum atomic E-state index is 13.5. The second-order valence-corrected chi connectivity index (χ2v) is 6.89. The maximum absolute atomic E-state index is 13.5. The number of hydrogen-bond donors (Lipinski definition) is 0. The van der Waals surface area contributed by atoms with Crippen LogP contribution in [0, 0.1) is 11.3 Å². The monoisotopic (exact) mass is 360 g/mol. The van der Waals surface area contributed by atoms with Crippen molar-refractivity contribution in [3.05, 3.63) is 46.7 Å². The zero-order chi connectivity index (χ0) is 17.4. The lowest BCUT2D eigenvalue weighted by Gasteiger charge is -2.18. The molecule has 1 aromatic heterocycles. The summed E-state index contributed by atoms with van der Waals surface area (Å²) in [5.74, 6) is 0. The van der Waals surface area contributed by atoms with Gasteiger partial charge in [0.2, 0.25) is 0 Å². The first-order chi connectivity index (χ1) is 10.6. The number of nitriles is 1. The Balaban J connectivity index is 3.12. The summed E-state index contributed by atoms with van der Waals surface area (Å²) in [7, 11) is -4.12. The van der Waals surface area contributed by atoms with Gasteiger partial charge < -0.3 is 0 Å². The van der Waals surface area contributed by atoms with Crippen LogP contribution in [-0.4, -0.2) is 19.7 Å². The molecule has 120 valence electrons. The fourth-order valence-electron chi connectivity index (χ4n) is 2.12. The van der Waals surface area contributed by atoms with E-state index < -0.39 is 42.9 Å². The smallest absolute Gasteiger partial charge is 0.224 e. The highest BCUT2D eigenvalue weighted by Crippen LogP contribution is 2.44. The van der Waals surface area contributed by atoms with Crippen LogP contribution in [0.1, 0.15) is 11.3 Å². The molecule has 0 bridgehead atoms. The molecule has 4 nitrogen and oxygen atoms in total. The van der Waals surface area contributed by atoms with Gasteiger partial charge in [0.25, 0.3) is 0 Å². The molecule has 0 N–H and O–H groups in total. The van der Waals surface area contributed by atoms with Crippen molar-refractivity contribution in [3.63, 3.8) is 0 Å². The largest absolute Gasteiger partial charge is 0.419 e. The highest BCUT2D eigenvalue weighted by Gasteiger charge is 2.41. The number of rotatable bonds is 2. The molecule has 0 amide bonds. The van der Waals surface area contributed by atoms with Gasteiger partial charge in [-0.25, -0.2) is 13.4 Å². The molecule has 0 radical (unpaired) electrons. The van der Waals surface area contributed by atoms with Crippen LogP contribution in [0.4, 0.5) is 13.2 Å². The van der Waals surface area contributed by atoms with E-state index in [-0.39, 0.29) is 5.56 Å². The van der Waals surface area contributed by atoms with E-state index in [0.717, 1.165) is 6.26 Å². The standard InChI is InChI=1S/C14H8ClF3N2O2S/c1-23(21,22)12-10(8-5-3-2-4-6-8)11(14(16,17)18)9(7-19)20-13(12)15/h2-6H,1H3. The molecule has 0 unspecified atom stereocenters. The van der Waals surface area contributed by atoms with Crippen molar-refractivity contribution >= 4 is 21.4 Å². The lowest BCUT2D eigenvalue weighted by molar-refractivity contribution is -0.137. The van der Waals surface area contributed by atoms with Gasteiger partial charge in [-0.1, -0.05) is 41.9 Å². The van der Waals surface area contributed by atoms with E-state index in [9.17, 15) is 21.6 Å². The van der Waals surface area contributed by atoms with Gasteiger partial charge in [-0.3, -0.25) is 0 Å². The molecular formula is C14H8ClF3N2O2S. The van der Waals surface area contributed by atoms with Gasteiger partial charge >= 0.3 is 6.18 Å². The Bertz CT molecular complexity index is 904. The van der Waals surface area contributed by atoms with Crippen molar-refractivity contribution in [2.24, 2.45) is 0 Å². The zero-order valence-electron chi connectivity index (χ0n) is 11.5. The summed E-state index contributed by atoms with van der Waals surface area (Å²) in [6.45, 7) is 0. The molecule has 9 heteroatoms. The topological polar surface area (TPSA) is 70.8 Å². The zero-order valence-corrected chi connectivity index (χ0v) is 13.1. The molecule has 0 spiro atoms. The van der Waals surface area contributed by atoms with E-state index in [1.165, 1.54) is 30.3 Å². The van der Waals surface area contributed by atoms with Crippen LogP contribution in [0.3, 0.4) is 0 Å². The van der Waals surface area contributed by atoms with Crippen LogP contribution in [0.2, 0.25) is 5.15 Å². The quantitative estimate of drug-likeness (QED) is 0.766. The van der Waals surface area contributed by atoms with Crippen molar-refractivity contribution in [2.45, 2.75) is 11.1 Å². The molecule has 0 aliphatic carbocycles. The molecule has 0 saturated heterocycles. The fourth-order valence-corrected chi connectivity index (χ4v) is 3.66. The fraction of sp³-hybridized carbons (Fsp3) is 0.143. The number of alkyl halides is 3. The number of benzene rings is 1. The number of aromatic nitrogens is 1. The van der Waals surface area contributed by atoms with Crippen LogP contribution in [0.5, 0.6) is 0 Å². The third kappa shape index (κ3) is 3.30. The average Bonchev–Trinajstić information content (AvgIpc) is 2.44. The van der Waals surface area contributed by atoms with Gasteiger partial charge in [0.1, 0.15) is 21.7 Å². The molecule has 23 heavy (non-hydrogen) atoms. The van der Waals surface area contributed by atoms with E-state index in [2.05, 4.69) is 4.98 Å². The third-order valence-corrected chi connectivity index (χ3v) is 4.46.